The fourth-order valence-electron chi connectivity index (χ4n) is 13.5. The summed E-state index contributed by atoms with van der Waals surface area (Å²) < 4.78 is 10.6. The highest BCUT2D eigenvalue weighted by Gasteiger charge is 2.69. The van der Waals surface area contributed by atoms with Crippen LogP contribution < -0.4 is 9.13 Å². The number of imidazole rings is 1. The number of nitrogens with zero attached hydrogens (tertiary/aromatic N) is 4. The molecule has 12 aromatic rings. The van der Waals surface area contributed by atoms with Crippen molar-refractivity contribution < 1.29 is 9.13 Å². The van der Waals surface area contributed by atoms with Gasteiger partial charge in [0, 0.05) is 33.2 Å². The maximum atomic E-state index is 2.71. The van der Waals surface area contributed by atoms with E-state index in [-0.39, 0.29) is 0 Å². The second-order valence-electron chi connectivity index (χ2n) is 18.1. The summed E-state index contributed by atoms with van der Waals surface area (Å²) in [7, 11) is 0. The zero-order valence-electron chi connectivity index (χ0n) is 34.1. The van der Waals surface area contributed by atoms with Gasteiger partial charge in [0.1, 0.15) is 22.8 Å². The topological polar surface area (TPSA) is 17.1 Å². The van der Waals surface area contributed by atoms with Gasteiger partial charge >= 0.3 is 5.66 Å². The largest absolute Gasteiger partial charge is 0.311 e. The van der Waals surface area contributed by atoms with Crippen molar-refractivity contribution in [3.05, 3.63) is 227 Å². The average Bonchev–Trinajstić information content (AvgIpc) is 4.04. The van der Waals surface area contributed by atoms with E-state index in [1.165, 1.54) is 127 Å². The molecular weight excluding hydrogens is 753 g/mol. The van der Waals surface area contributed by atoms with E-state index in [2.05, 4.69) is 214 Å². The Morgan fingerprint density at radius 3 is 1.94 bits per heavy atom. The first kappa shape index (κ1) is 32.0. The van der Waals surface area contributed by atoms with Crippen molar-refractivity contribution in [3.8, 4) is 28.2 Å². The Morgan fingerprint density at radius 2 is 1.15 bits per heavy atom. The van der Waals surface area contributed by atoms with Crippen LogP contribution in [-0.4, -0.2) is 8.97 Å². The summed E-state index contributed by atoms with van der Waals surface area (Å²) in [5.41, 5.74) is 19.5. The van der Waals surface area contributed by atoms with Crippen molar-refractivity contribution >= 4 is 59.9 Å². The number of rotatable bonds is 1. The van der Waals surface area contributed by atoms with E-state index in [9.17, 15) is 0 Å². The third-order valence-corrected chi connectivity index (χ3v) is 15.6. The predicted molar refractivity (Wildman–Crippen MR) is 248 cm³/mol. The molecular formula is C58H36N4+2. The lowest BCUT2D eigenvalue weighted by atomic mass is 9.58. The predicted octanol–water partition coefficient (Wildman–Crippen LogP) is 12.0. The first-order valence-corrected chi connectivity index (χ1v) is 21.9. The van der Waals surface area contributed by atoms with Crippen LogP contribution in [0, 0.1) is 13.8 Å². The molecule has 286 valence electrons. The molecule has 0 bridgehead atoms. The highest BCUT2D eigenvalue weighted by molar-refractivity contribution is 6.19. The van der Waals surface area contributed by atoms with Gasteiger partial charge in [0.25, 0.3) is 11.5 Å². The minimum absolute atomic E-state index is 0.563. The molecule has 2 spiro atoms. The zero-order valence-corrected chi connectivity index (χ0v) is 34.1. The summed E-state index contributed by atoms with van der Waals surface area (Å²) in [5.74, 6) is 1.16. The second-order valence-corrected chi connectivity index (χ2v) is 18.1. The van der Waals surface area contributed by atoms with Crippen LogP contribution in [0.2, 0.25) is 0 Å². The van der Waals surface area contributed by atoms with E-state index in [0.29, 0.717) is 0 Å². The molecule has 6 heterocycles. The molecule has 0 saturated heterocycles. The molecule has 4 aliphatic rings. The van der Waals surface area contributed by atoms with Crippen molar-refractivity contribution in [3.63, 3.8) is 0 Å². The Morgan fingerprint density at radius 1 is 0.484 bits per heavy atom. The molecule has 4 heteroatoms. The maximum absolute atomic E-state index is 2.71. The number of hydrogen-bond donors (Lipinski definition) is 0. The smallest absolute Gasteiger partial charge is 0.191 e. The van der Waals surface area contributed by atoms with Crippen LogP contribution >= 0.6 is 0 Å². The van der Waals surface area contributed by atoms with Gasteiger partial charge in [-0.05, 0) is 106 Å². The molecule has 1 atom stereocenters. The molecule has 1 unspecified atom stereocenters. The monoisotopic (exact) mass is 788 g/mol. The van der Waals surface area contributed by atoms with E-state index >= 15 is 0 Å². The van der Waals surface area contributed by atoms with Gasteiger partial charge in [0.2, 0.25) is 0 Å². The highest BCUT2D eigenvalue weighted by atomic mass is 15.4. The lowest BCUT2D eigenvalue weighted by molar-refractivity contribution is -0.956. The summed E-state index contributed by atoms with van der Waals surface area (Å²) in [6, 6.07) is 64.8. The lowest BCUT2D eigenvalue weighted by Gasteiger charge is -2.45. The number of benzene rings is 8. The van der Waals surface area contributed by atoms with Crippen LogP contribution in [0.15, 0.2) is 182 Å². The fourth-order valence-corrected chi connectivity index (χ4v) is 13.5. The van der Waals surface area contributed by atoms with Gasteiger partial charge in [0.15, 0.2) is 11.2 Å². The summed E-state index contributed by atoms with van der Waals surface area (Å²) >= 11 is 0. The molecule has 0 amide bonds. The molecule has 0 N–H and O–H groups in total. The van der Waals surface area contributed by atoms with E-state index in [1.54, 1.807) is 0 Å². The number of hydrogen-bond acceptors (Lipinski definition) is 0. The average molecular weight is 789 g/mol. The summed E-state index contributed by atoms with van der Waals surface area (Å²) in [4.78, 5) is 0. The van der Waals surface area contributed by atoms with Gasteiger partial charge in [-0.1, -0.05) is 127 Å². The van der Waals surface area contributed by atoms with E-state index in [4.69, 9.17) is 0 Å². The molecule has 4 nitrogen and oxygen atoms in total. The zero-order chi connectivity index (χ0) is 40.4. The Balaban J connectivity index is 1.25. The lowest BCUT2D eigenvalue weighted by Crippen LogP contribution is -2.76. The number of pyridine rings is 2. The third-order valence-electron chi connectivity index (χ3n) is 15.6. The maximum Gasteiger partial charge on any atom is 0.311 e. The molecule has 2 aliphatic heterocycles. The second kappa shape index (κ2) is 10.4. The summed E-state index contributed by atoms with van der Waals surface area (Å²) in [6.45, 7) is 4.55. The van der Waals surface area contributed by atoms with Crippen LogP contribution in [0.4, 0.5) is 0 Å². The molecule has 0 radical (unpaired) electrons. The number of para-hydroxylation sites is 1. The van der Waals surface area contributed by atoms with Crippen molar-refractivity contribution in [1.82, 2.24) is 8.97 Å². The Labute approximate surface area is 356 Å². The standard InChI is InChI=1S/C58H36N4/c1-33-14-13-15-34(2)51(33)49-32-60-56-52-40(42-30-35-16-3-4-17-36(35)31-48(42)61(49)56)25-27-45-53(52)58(60)54-46(57(45)43-21-8-5-18-37(43)38-19-6-9-22-44(38)57)28-26-41-39-20-7-10-23-47(39)62(55(41)54)50-24-11-12-29-59(50)58/h3-32H,1-2H3/q+2. The summed E-state index contributed by atoms with van der Waals surface area (Å²) in [5, 5.41) is 8.97. The van der Waals surface area contributed by atoms with Gasteiger partial charge in [-0.15, -0.1) is 0 Å². The number of aromatic nitrogens is 4. The van der Waals surface area contributed by atoms with Crippen LogP contribution in [-0.2, 0) is 11.1 Å². The molecule has 0 saturated carbocycles. The van der Waals surface area contributed by atoms with Crippen LogP contribution in [0.5, 0.6) is 0 Å². The first-order valence-electron chi connectivity index (χ1n) is 21.9. The van der Waals surface area contributed by atoms with Crippen molar-refractivity contribution in [2.45, 2.75) is 24.9 Å². The minimum atomic E-state index is -0.762. The Hall–Kier alpha value is -7.82. The van der Waals surface area contributed by atoms with Crippen molar-refractivity contribution in [2.75, 3.05) is 0 Å². The number of fused-ring (bicyclic) bond motifs is 16. The number of aryl methyl sites for hydroxylation is 2. The fraction of sp³-hybridized carbons (Fsp3) is 0.0690. The van der Waals surface area contributed by atoms with Gasteiger partial charge < -0.3 is 0 Å². The molecule has 0 fully saturated rings. The van der Waals surface area contributed by atoms with Crippen LogP contribution in [0.25, 0.3) is 88.1 Å². The van der Waals surface area contributed by atoms with Gasteiger partial charge in [-0.25, -0.2) is 0 Å². The first-order chi connectivity index (χ1) is 30.6. The van der Waals surface area contributed by atoms with E-state index in [0.717, 1.165) is 5.82 Å². The quantitative estimate of drug-likeness (QED) is 0.0895. The van der Waals surface area contributed by atoms with E-state index in [1.807, 2.05) is 0 Å². The molecule has 2 aliphatic carbocycles. The van der Waals surface area contributed by atoms with Crippen molar-refractivity contribution in [1.29, 1.82) is 0 Å². The summed E-state index contributed by atoms with van der Waals surface area (Å²) in [6.07, 6.45) is 4.89. The van der Waals surface area contributed by atoms with Crippen molar-refractivity contribution in [2.24, 2.45) is 0 Å². The normalized spacial score (nSPS) is 16.7. The van der Waals surface area contributed by atoms with Crippen LogP contribution in [0.1, 0.15) is 44.5 Å². The van der Waals surface area contributed by atoms with E-state index < -0.39 is 11.1 Å². The molecule has 62 heavy (non-hydrogen) atoms. The molecule has 16 rings (SSSR count). The van der Waals surface area contributed by atoms with Gasteiger partial charge in [0.05, 0.1) is 22.6 Å². The SMILES string of the molecule is Cc1cccc(C)c1-c1c[n+]2c3c4c5c(ccc4c4cc6ccccc6cc4n13)C1(c3ccccc3-c3ccccc31)c1ccc3c4ccccc4n4c3c1C52[n+]1ccccc1-4. The molecule has 4 aromatic heterocycles. The van der Waals surface area contributed by atoms with Crippen LogP contribution in [0.3, 0.4) is 0 Å². The van der Waals surface area contributed by atoms with Gasteiger partial charge in [-0.3, -0.25) is 0 Å². The third kappa shape index (κ3) is 3.18. The van der Waals surface area contributed by atoms with Gasteiger partial charge in [-0.2, -0.15) is 18.1 Å². The highest BCUT2D eigenvalue weighted by Crippen LogP contribution is 2.65. The minimum Gasteiger partial charge on any atom is -0.191 e. The Kier molecular flexibility index (Phi) is 5.35. The Bertz CT molecular complexity index is 4080. The molecule has 8 aromatic carbocycles.